The molecule has 0 saturated carbocycles. The van der Waals surface area contributed by atoms with Crippen molar-refractivity contribution in [2.45, 2.75) is 31.7 Å². The second-order valence-electron chi connectivity index (χ2n) is 4.72. The summed E-state index contributed by atoms with van der Waals surface area (Å²) in [5.74, 6) is 0. The fourth-order valence-corrected chi connectivity index (χ4v) is 3.37. The van der Waals surface area contributed by atoms with Gasteiger partial charge in [-0.2, -0.15) is 0 Å². The minimum absolute atomic E-state index is 0.340. The van der Waals surface area contributed by atoms with Gasteiger partial charge in [-0.15, -0.1) is 0 Å². The van der Waals surface area contributed by atoms with Crippen molar-refractivity contribution >= 4 is 15.4 Å². The lowest BCUT2D eigenvalue weighted by molar-refractivity contribution is 0.605. The van der Waals surface area contributed by atoms with Crippen LogP contribution in [0.2, 0.25) is 0 Å². The van der Waals surface area contributed by atoms with Crippen molar-refractivity contribution in [1.82, 2.24) is 5.32 Å². The largest absolute Gasteiger partial charge is 0.310 e. The Morgan fingerprint density at radius 1 is 1.29 bits per heavy atom. The van der Waals surface area contributed by atoms with Crippen LogP contribution in [0.1, 0.15) is 25.0 Å². The van der Waals surface area contributed by atoms with E-state index in [0.29, 0.717) is 17.5 Å². The minimum Gasteiger partial charge on any atom is -0.310 e. The SMILES string of the molecule is Cc1ccc2c(c1)C(CNC(C)C)=CS2(=O)=O. The normalized spacial score (nSPS) is 17.1. The zero-order valence-electron chi connectivity index (χ0n) is 10.3. The van der Waals surface area contributed by atoms with E-state index in [0.717, 1.165) is 16.7 Å². The van der Waals surface area contributed by atoms with Crippen molar-refractivity contribution in [2.75, 3.05) is 6.54 Å². The molecule has 4 heteroatoms. The van der Waals surface area contributed by atoms with E-state index in [1.807, 2.05) is 32.9 Å². The first-order valence-electron chi connectivity index (χ1n) is 5.70. The highest BCUT2D eigenvalue weighted by molar-refractivity contribution is 7.95. The number of hydrogen-bond acceptors (Lipinski definition) is 3. The van der Waals surface area contributed by atoms with Crippen LogP contribution < -0.4 is 5.32 Å². The Labute approximate surface area is 102 Å². The summed E-state index contributed by atoms with van der Waals surface area (Å²) in [4.78, 5) is 0.434. The van der Waals surface area contributed by atoms with Gasteiger partial charge in [-0.05, 0) is 24.1 Å². The molecule has 1 aromatic rings. The number of hydrogen-bond donors (Lipinski definition) is 1. The summed E-state index contributed by atoms with van der Waals surface area (Å²) in [5.41, 5.74) is 2.78. The number of fused-ring (bicyclic) bond motifs is 1. The topological polar surface area (TPSA) is 46.2 Å². The molecule has 0 aromatic heterocycles. The molecule has 1 N–H and O–H groups in total. The predicted octanol–water partition coefficient (Wildman–Crippen LogP) is 2.12. The lowest BCUT2D eigenvalue weighted by atomic mass is 10.1. The highest BCUT2D eigenvalue weighted by atomic mass is 32.2. The quantitative estimate of drug-likeness (QED) is 0.895. The highest BCUT2D eigenvalue weighted by Gasteiger charge is 2.26. The monoisotopic (exact) mass is 251 g/mol. The molecule has 1 aromatic carbocycles. The van der Waals surface area contributed by atoms with Gasteiger partial charge in [-0.3, -0.25) is 0 Å². The molecular weight excluding hydrogens is 234 g/mol. The van der Waals surface area contributed by atoms with Crippen LogP contribution in [0.15, 0.2) is 28.5 Å². The molecule has 2 rings (SSSR count). The maximum atomic E-state index is 11.9. The Morgan fingerprint density at radius 3 is 2.65 bits per heavy atom. The van der Waals surface area contributed by atoms with Gasteiger partial charge in [-0.1, -0.05) is 31.5 Å². The number of rotatable bonds is 3. The Bertz CT molecular complexity index is 571. The Morgan fingerprint density at radius 2 is 2.00 bits per heavy atom. The maximum Gasteiger partial charge on any atom is 0.200 e. The van der Waals surface area contributed by atoms with Crippen LogP contribution in [0.5, 0.6) is 0 Å². The third-order valence-electron chi connectivity index (χ3n) is 2.79. The van der Waals surface area contributed by atoms with Crippen LogP contribution in [0.4, 0.5) is 0 Å². The maximum absolute atomic E-state index is 11.9. The van der Waals surface area contributed by atoms with Crippen LogP contribution in [0.3, 0.4) is 0 Å². The van der Waals surface area contributed by atoms with Crippen LogP contribution in [0.25, 0.3) is 5.57 Å². The van der Waals surface area contributed by atoms with E-state index in [-0.39, 0.29) is 0 Å². The van der Waals surface area contributed by atoms with Crippen molar-refractivity contribution in [1.29, 1.82) is 0 Å². The van der Waals surface area contributed by atoms with E-state index in [9.17, 15) is 8.42 Å². The van der Waals surface area contributed by atoms with Gasteiger partial charge in [0.15, 0.2) is 0 Å². The number of sulfone groups is 1. The van der Waals surface area contributed by atoms with Crippen molar-refractivity contribution in [3.63, 3.8) is 0 Å². The van der Waals surface area contributed by atoms with E-state index in [1.165, 1.54) is 5.41 Å². The zero-order valence-corrected chi connectivity index (χ0v) is 11.1. The second-order valence-corrected chi connectivity index (χ2v) is 6.49. The van der Waals surface area contributed by atoms with E-state index in [2.05, 4.69) is 5.32 Å². The van der Waals surface area contributed by atoms with E-state index in [1.54, 1.807) is 6.07 Å². The average molecular weight is 251 g/mol. The van der Waals surface area contributed by atoms with Crippen molar-refractivity contribution < 1.29 is 8.42 Å². The highest BCUT2D eigenvalue weighted by Crippen LogP contribution is 2.33. The molecule has 1 heterocycles. The first-order chi connectivity index (χ1) is 7.90. The molecule has 0 unspecified atom stereocenters. The number of benzene rings is 1. The molecule has 0 aliphatic carbocycles. The molecule has 3 nitrogen and oxygen atoms in total. The van der Waals surface area contributed by atoms with Crippen LogP contribution in [0, 0.1) is 6.92 Å². The standard InChI is InChI=1S/C13H17NO2S/c1-9(2)14-7-11-8-17(15,16)13-5-4-10(3)6-12(11)13/h4-6,8-9,14H,7H2,1-3H3. The summed E-state index contributed by atoms with van der Waals surface area (Å²) in [5, 5.41) is 4.63. The lowest BCUT2D eigenvalue weighted by Gasteiger charge is -2.09. The zero-order chi connectivity index (χ0) is 12.6. The van der Waals surface area contributed by atoms with Gasteiger partial charge in [0.05, 0.1) is 4.90 Å². The van der Waals surface area contributed by atoms with Crippen LogP contribution in [-0.4, -0.2) is 21.0 Å². The average Bonchev–Trinajstić information content (AvgIpc) is 2.47. The van der Waals surface area contributed by atoms with Crippen molar-refractivity contribution in [2.24, 2.45) is 0 Å². The molecular formula is C13H17NO2S. The molecule has 17 heavy (non-hydrogen) atoms. The molecule has 0 spiro atoms. The fourth-order valence-electron chi connectivity index (χ4n) is 1.91. The van der Waals surface area contributed by atoms with Gasteiger partial charge < -0.3 is 5.32 Å². The number of aryl methyl sites for hydroxylation is 1. The van der Waals surface area contributed by atoms with Gasteiger partial charge in [0.2, 0.25) is 9.84 Å². The Kier molecular flexibility index (Phi) is 3.10. The van der Waals surface area contributed by atoms with Gasteiger partial charge in [0.25, 0.3) is 0 Å². The summed E-state index contributed by atoms with van der Waals surface area (Å²) in [6.45, 7) is 6.65. The van der Waals surface area contributed by atoms with Crippen molar-refractivity contribution in [3.05, 3.63) is 34.7 Å². The lowest BCUT2D eigenvalue weighted by Crippen LogP contribution is -2.24. The molecule has 1 aliphatic rings. The third kappa shape index (κ3) is 2.42. The second kappa shape index (κ2) is 4.27. The molecule has 1 aliphatic heterocycles. The summed E-state index contributed by atoms with van der Waals surface area (Å²) in [7, 11) is -3.22. The first-order valence-corrected chi connectivity index (χ1v) is 7.25. The first kappa shape index (κ1) is 12.3. The summed E-state index contributed by atoms with van der Waals surface area (Å²) >= 11 is 0. The van der Waals surface area contributed by atoms with Crippen molar-refractivity contribution in [3.8, 4) is 0 Å². The van der Waals surface area contributed by atoms with Gasteiger partial charge >= 0.3 is 0 Å². The molecule has 0 fully saturated rings. The van der Waals surface area contributed by atoms with Gasteiger partial charge in [-0.25, -0.2) is 8.42 Å². The summed E-state index contributed by atoms with van der Waals surface area (Å²) in [6, 6.07) is 5.81. The van der Waals surface area contributed by atoms with Gasteiger partial charge in [0, 0.05) is 18.0 Å². The molecule has 0 atom stereocenters. The van der Waals surface area contributed by atoms with Crippen LogP contribution in [-0.2, 0) is 9.84 Å². The minimum atomic E-state index is -3.22. The fraction of sp³-hybridized carbons (Fsp3) is 0.385. The van der Waals surface area contributed by atoms with Crippen LogP contribution >= 0.6 is 0 Å². The predicted molar refractivity (Wildman–Crippen MR) is 69.5 cm³/mol. The third-order valence-corrected chi connectivity index (χ3v) is 4.35. The summed E-state index contributed by atoms with van der Waals surface area (Å²) in [6.07, 6.45) is 0. The van der Waals surface area contributed by atoms with E-state index < -0.39 is 9.84 Å². The molecule has 0 saturated heterocycles. The molecule has 92 valence electrons. The smallest absolute Gasteiger partial charge is 0.200 e. The number of nitrogens with one attached hydrogen (secondary N) is 1. The van der Waals surface area contributed by atoms with E-state index >= 15 is 0 Å². The van der Waals surface area contributed by atoms with E-state index in [4.69, 9.17) is 0 Å². The van der Waals surface area contributed by atoms with Gasteiger partial charge in [0.1, 0.15) is 0 Å². The summed E-state index contributed by atoms with van der Waals surface area (Å²) < 4.78 is 23.8. The molecule has 0 bridgehead atoms. The molecule has 0 radical (unpaired) electrons. The Balaban J connectivity index is 2.41. The molecule has 0 amide bonds. The Hall–Kier alpha value is -1.13.